The van der Waals surface area contributed by atoms with Crippen LogP contribution in [0.3, 0.4) is 0 Å². The van der Waals surface area contributed by atoms with Crippen LogP contribution in [0.15, 0.2) is 70.6 Å². The van der Waals surface area contributed by atoms with Crippen molar-refractivity contribution in [1.82, 2.24) is 14.0 Å². The van der Waals surface area contributed by atoms with E-state index in [2.05, 4.69) is 4.99 Å². The molecule has 0 aliphatic heterocycles. The van der Waals surface area contributed by atoms with E-state index in [1.807, 2.05) is 47.9 Å². The maximum absolute atomic E-state index is 13.7. The summed E-state index contributed by atoms with van der Waals surface area (Å²) in [6, 6.07) is 16.3. The zero-order valence-electron chi connectivity index (χ0n) is 21.8. The van der Waals surface area contributed by atoms with Crippen molar-refractivity contribution in [2.75, 3.05) is 6.61 Å². The topological polar surface area (TPSA) is 95.0 Å². The molecular formula is C30H32N4O4. The standard InChI is InChI=1S/C30H32N4O4/c1-3-22(20-13-7-5-8-14-20)28(35)32-27-24(30(37)38-4-2)19-23-26(34(27)21-15-9-6-10-16-21)31-25-17-11-12-18-33(25)29(23)36/h5,7-8,11-14,17-19,21-22H,3-4,6,9-10,15-16H2,1-2H3. The van der Waals surface area contributed by atoms with Crippen LogP contribution in [-0.2, 0) is 9.53 Å². The van der Waals surface area contributed by atoms with Crippen LogP contribution in [0.1, 0.15) is 80.3 Å². The Morgan fingerprint density at radius 1 is 1.05 bits per heavy atom. The van der Waals surface area contributed by atoms with Crippen LogP contribution < -0.4 is 11.0 Å². The lowest BCUT2D eigenvalue weighted by Crippen LogP contribution is -2.36. The second-order valence-corrected chi connectivity index (χ2v) is 9.67. The van der Waals surface area contributed by atoms with E-state index in [0.29, 0.717) is 23.1 Å². The van der Waals surface area contributed by atoms with Gasteiger partial charge >= 0.3 is 5.97 Å². The van der Waals surface area contributed by atoms with E-state index >= 15 is 0 Å². The zero-order valence-corrected chi connectivity index (χ0v) is 21.8. The second-order valence-electron chi connectivity index (χ2n) is 9.67. The van der Waals surface area contributed by atoms with Crippen molar-refractivity contribution in [2.45, 2.75) is 64.3 Å². The third kappa shape index (κ3) is 4.78. The predicted octanol–water partition coefficient (Wildman–Crippen LogP) is 4.95. The third-order valence-corrected chi connectivity index (χ3v) is 7.29. The average molecular weight is 513 g/mol. The molecule has 3 aromatic heterocycles. The van der Waals surface area contributed by atoms with Gasteiger partial charge in [0.05, 0.1) is 17.9 Å². The minimum absolute atomic E-state index is 0.0537. The van der Waals surface area contributed by atoms with E-state index in [4.69, 9.17) is 9.72 Å². The number of nitrogens with zero attached hydrogens (tertiary/aromatic N) is 4. The summed E-state index contributed by atoms with van der Waals surface area (Å²) < 4.78 is 8.72. The Balaban J connectivity index is 1.86. The number of amides is 1. The van der Waals surface area contributed by atoms with Crippen molar-refractivity contribution >= 4 is 28.6 Å². The fourth-order valence-corrected chi connectivity index (χ4v) is 5.42. The minimum Gasteiger partial charge on any atom is -0.462 e. The highest BCUT2D eigenvalue weighted by Crippen LogP contribution is 2.29. The Kier molecular flexibility index (Phi) is 7.49. The maximum Gasteiger partial charge on any atom is 0.341 e. The summed E-state index contributed by atoms with van der Waals surface area (Å²) in [7, 11) is 0. The van der Waals surface area contributed by atoms with E-state index in [-0.39, 0.29) is 35.2 Å². The van der Waals surface area contributed by atoms with Crippen molar-refractivity contribution in [1.29, 1.82) is 0 Å². The predicted molar refractivity (Wildman–Crippen MR) is 145 cm³/mol. The summed E-state index contributed by atoms with van der Waals surface area (Å²) in [6.45, 7) is 3.83. The van der Waals surface area contributed by atoms with Gasteiger partial charge in [0.1, 0.15) is 16.9 Å². The lowest BCUT2D eigenvalue weighted by molar-refractivity contribution is -0.119. The molecule has 0 saturated heterocycles. The molecule has 1 fully saturated rings. The number of ether oxygens (including phenoxy) is 1. The summed E-state index contributed by atoms with van der Waals surface area (Å²) in [5, 5.41) is 0.295. The molecule has 1 aromatic carbocycles. The van der Waals surface area contributed by atoms with E-state index < -0.39 is 11.9 Å². The number of fused-ring (bicyclic) bond motifs is 2. The maximum atomic E-state index is 13.7. The number of benzene rings is 1. The second kappa shape index (κ2) is 11.1. The Morgan fingerprint density at radius 2 is 1.79 bits per heavy atom. The molecule has 0 spiro atoms. The highest BCUT2D eigenvalue weighted by Gasteiger charge is 2.26. The summed E-state index contributed by atoms with van der Waals surface area (Å²) in [4.78, 5) is 50.0. The molecule has 0 radical (unpaired) electrons. The van der Waals surface area contributed by atoms with Crippen molar-refractivity contribution in [3.05, 3.63) is 87.8 Å². The highest BCUT2D eigenvalue weighted by atomic mass is 16.5. The fourth-order valence-electron chi connectivity index (χ4n) is 5.42. The first-order valence-corrected chi connectivity index (χ1v) is 13.4. The normalized spacial score (nSPS) is 15.6. The molecule has 0 bridgehead atoms. The molecule has 1 aliphatic carbocycles. The van der Waals surface area contributed by atoms with Crippen molar-refractivity contribution in [3.8, 4) is 0 Å². The number of hydrogen-bond acceptors (Lipinski definition) is 5. The number of carbonyl (C=O) groups excluding carboxylic acids is 2. The van der Waals surface area contributed by atoms with Gasteiger partial charge in [-0.1, -0.05) is 62.6 Å². The average Bonchev–Trinajstić information content (AvgIpc) is 2.94. The molecule has 1 amide bonds. The number of pyridine rings is 2. The number of esters is 1. The van der Waals surface area contributed by atoms with Crippen LogP contribution in [0.2, 0.25) is 0 Å². The SMILES string of the molecule is CCOC(=O)c1cc2c(=O)n3ccccc3nc2n(C2CCCCC2)c1=NC(=O)C(CC)c1ccccc1. The molecule has 4 aromatic rings. The van der Waals surface area contributed by atoms with Gasteiger partial charge in [0.25, 0.3) is 11.5 Å². The summed E-state index contributed by atoms with van der Waals surface area (Å²) in [5.41, 5.74) is 1.83. The number of aromatic nitrogens is 3. The lowest BCUT2D eigenvalue weighted by atomic mass is 9.94. The molecular weight excluding hydrogens is 480 g/mol. The van der Waals surface area contributed by atoms with Crippen LogP contribution in [-0.4, -0.2) is 32.4 Å². The van der Waals surface area contributed by atoms with Gasteiger partial charge in [0, 0.05) is 12.2 Å². The lowest BCUT2D eigenvalue weighted by Gasteiger charge is -2.27. The summed E-state index contributed by atoms with van der Waals surface area (Å²) in [6.07, 6.45) is 7.02. The smallest absolute Gasteiger partial charge is 0.341 e. The van der Waals surface area contributed by atoms with E-state index in [1.165, 1.54) is 10.5 Å². The third-order valence-electron chi connectivity index (χ3n) is 7.29. The molecule has 5 rings (SSSR count). The van der Waals surface area contributed by atoms with E-state index in [9.17, 15) is 14.4 Å². The zero-order chi connectivity index (χ0) is 26.6. The molecule has 3 heterocycles. The quantitative estimate of drug-likeness (QED) is 0.269. The number of hydrogen-bond donors (Lipinski definition) is 0. The van der Waals surface area contributed by atoms with E-state index in [1.54, 1.807) is 25.3 Å². The first-order chi connectivity index (χ1) is 18.5. The Bertz CT molecular complexity index is 1610. The Morgan fingerprint density at radius 3 is 2.50 bits per heavy atom. The fraction of sp³-hybridized carbons (Fsp3) is 0.367. The van der Waals surface area contributed by atoms with Crippen LogP contribution in [0.5, 0.6) is 0 Å². The molecule has 1 atom stereocenters. The van der Waals surface area contributed by atoms with Gasteiger partial charge in [-0.25, -0.2) is 9.78 Å². The number of carbonyl (C=O) groups is 2. The Hall–Kier alpha value is -4.07. The van der Waals surface area contributed by atoms with Crippen molar-refractivity contribution < 1.29 is 14.3 Å². The van der Waals surface area contributed by atoms with Crippen molar-refractivity contribution in [2.24, 2.45) is 4.99 Å². The van der Waals surface area contributed by atoms with E-state index in [0.717, 1.165) is 37.7 Å². The largest absolute Gasteiger partial charge is 0.462 e. The number of rotatable bonds is 6. The summed E-state index contributed by atoms with van der Waals surface area (Å²) in [5.74, 6) is -1.42. The van der Waals surface area contributed by atoms with Gasteiger partial charge in [0.15, 0.2) is 5.49 Å². The molecule has 8 nitrogen and oxygen atoms in total. The first kappa shape index (κ1) is 25.6. The van der Waals surface area contributed by atoms with Gasteiger partial charge < -0.3 is 9.30 Å². The van der Waals surface area contributed by atoms with Crippen LogP contribution >= 0.6 is 0 Å². The molecule has 1 saturated carbocycles. The molecule has 0 N–H and O–H groups in total. The Labute approximate surface area is 220 Å². The first-order valence-electron chi connectivity index (χ1n) is 13.4. The molecule has 38 heavy (non-hydrogen) atoms. The van der Waals surface area contributed by atoms with Gasteiger partial charge in [-0.2, -0.15) is 4.99 Å². The van der Waals surface area contributed by atoms with Crippen LogP contribution in [0.4, 0.5) is 0 Å². The summed E-state index contributed by atoms with van der Waals surface area (Å²) >= 11 is 0. The van der Waals surface area contributed by atoms with Crippen LogP contribution in [0, 0.1) is 0 Å². The van der Waals surface area contributed by atoms with Gasteiger partial charge in [0.2, 0.25) is 0 Å². The van der Waals surface area contributed by atoms with Gasteiger partial charge in [-0.3, -0.25) is 14.0 Å². The van der Waals surface area contributed by atoms with Crippen LogP contribution in [0.25, 0.3) is 16.7 Å². The molecule has 8 heteroatoms. The minimum atomic E-state index is -0.615. The molecule has 1 aliphatic rings. The highest BCUT2D eigenvalue weighted by molar-refractivity contribution is 5.94. The monoisotopic (exact) mass is 512 g/mol. The molecule has 196 valence electrons. The molecule has 1 unspecified atom stereocenters. The van der Waals surface area contributed by atoms with Crippen molar-refractivity contribution in [3.63, 3.8) is 0 Å². The van der Waals surface area contributed by atoms with Gasteiger partial charge in [-0.15, -0.1) is 0 Å². The van der Waals surface area contributed by atoms with Gasteiger partial charge in [-0.05, 0) is 49.9 Å².